The number of carbonyl (C=O) groups excluding carboxylic acids is 3. The van der Waals surface area contributed by atoms with Crippen molar-refractivity contribution in [2.24, 2.45) is 0 Å². The average molecular weight is 378 g/mol. The number of benzene rings is 1. The van der Waals surface area contributed by atoms with Crippen LogP contribution in [0.4, 0.5) is 9.39 Å². The smallest absolute Gasteiger partial charge is 0.341 e. The molecule has 0 saturated heterocycles. The predicted octanol–water partition coefficient (Wildman–Crippen LogP) is 3.29. The molecule has 6 nitrogen and oxygen atoms in total. The fourth-order valence-electron chi connectivity index (χ4n) is 2.29. The summed E-state index contributed by atoms with van der Waals surface area (Å²) >= 11 is 0.965. The Balaban J connectivity index is 2.43. The van der Waals surface area contributed by atoms with Crippen LogP contribution in [0.1, 0.15) is 48.4 Å². The van der Waals surface area contributed by atoms with E-state index in [9.17, 15) is 18.8 Å². The van der Waals surface area contributed by atoms with Gasteiger partial charge in [-0.25, -0.2) is 9.18 Å². The molecule has 0 aliphatic heterocycles. The van der Waals surface area contributed by atoms with Crippen LogP contribution in [-0.4, -0.2) is 31.4 Å². The highest BCUT2D eigenvalue weighted by molar-refractivity contribution is 7.18. The maximum atomic E-state index is 13.7. The standard InChI is InChI=1S/C18H19FN2O4S/c1-5-25-18(24)13-10(3)14(16(23)20-4)26-17(13)21-15(22)11-7-6-9(2)12(19)8-11/h6-8H,5H2,1-4H3,(H,20,23)(H,21,22). The molecule has 2 amide bonds. The molecule has 8 heteroatoms. The third-order valence-electron chi connectivity index (χ3n) is 3.72. The third kappa shape index (κ3) is 3.91. The van der Waals surface area contributed by atoms with Gasteiger partial charge in [-0.15, -0.1) is 11.3 Å². The zero-order chi connectivity index (χ0) is 19.4. The fourth-order valence-corrected chi connectivity index (χ4v) is 3.43. The topological polar surface area (TPSA) is 84.5 Å². The Morgan fingerprint density at radius 3 is 2.46 bits per heavy atom. The Morgan fingerprint density at radius 1 is 1.19 bits per heavy atom. The van der Waals surface area contributed by atoms with Crippen LogP contribution in [0.3, 0.4) is 0 Å². The zero-order valence-corrected chi connectivity index (χ0v) is 15.7. The summed E-state index contributed by atoms with van der Waals surface area (Å²) in [6.07, 6.45) is 0. The number of halogens is 1. The van der Waals surface area contributed by atoms with Gasteiger partial charge in [0.2, 0.25) is 0 Å². The summed E-state index contributed by atoms with van der Waals surface area (Å²) in [6, 6.07) is 4.10. The van der Waals surface area contributed by atoms with Crippen molar-refractivity contribution in [1.82, 2.24) is 5.32 Å². The van der Waals surface area contributed by atoms with Crippen LogP contribution in [-0.2, 0) is 4.74 Å². The number of carbonyl (C=O) groups is 3. The van der Waals surface area contributed by atoms with Gasteiger partial charge in [0.25, 0.3) is 11.8 Å². The lowest BCUT2D eigenvalue weighted by atomic mass is 10.1. The Bertz CT molecular complexity index is 876. The highest BCUT2D eigenvalue weighted by atomic mass is 32.1. The summed E-state index contributed by atoms with van der Waals surface area (Å²) in [6.45, 7) is 5.01. The molecule has 0 unspecified atom stereocenters. The van der Waals surface area contributed by atoms with Gasteiger partial charge in [0.1, 0.15) is 10.8 Å². The van der Waals surface area contributed by atoms with Gasteiger partial charge in [0.15, 0.2) is 0 Å². The number of aryl methyl sites for hydroxylation is 1. The van der Waals surface area contributed by atoms with Gasteiger partial charge < -0.3 is 15.4 Å². The second-order valence-electron chi connectivity index (χ2n) is 5.48. The van der Waals surface area contributed by atoms with E-state index >= 15 is 0 Å². The molecule has 26 heavy (non-hydrogen) atoms. The molecule has 138 valence electrons. The van der Waals surface area contributed by atoms with Crippen molar-refractivity contribution in [1.29, 1.82) is 0 Å². The Labute approximate surface area is 154 Å². The molecule has 0 aliphatic rings. The zero-order valence-electron chi connectivity index (χ0n) is 14.9. The maximum Gasteiger partial charge on any atom is 0.341 e. The Hall–Kier alpha value is -2.74. The quantitative estimate of drug-likeness (QED) is 0.782. The van der Waals surface area contributed by atoms with Crippen LogP contribution in [0.25, 0.3) is 0 Å². The van der Waals surface area contributed by atoms with E-state index in [2.05, 4.69) is 10.6 Å². The maximum absolute atomic E-state index is 13.7. The second-order valence-corrected chi connectivity index (χ2v) is 6.50. The van der Waals surface area contributed by atoms with Gasteiger partial charge in [-0.05, 0) is 44.0 Å². The fraction of sp³-hybridized carbons (Fsp3) is 0.278. The molecule has 2 rings (SSSR count). The minimum atomic E-state index is -0.637. The molecule has 0 atom stereocenters. The van der Waals surface area contributed by atoms with Crippen LogP contribution in [0.5, 0.6) is 0 Å². The van der Waals surface area contributed by atoms with Gasteiger partial charge in [0.05, 0.1) is 17.0 Å². The molecule has 0 saturated carbocycles. The summed E-state index contributed by atoms with van der Waals surface area (Å²) in [5.74, 6) is -2.10. The van der Waals surface area contributed by atoms with Crippen molar-refractivity contribution >= 4 is 34.1 Å². The van der Waals surface area contributed by atoms with E-state index in [0.29, 0.717) is 16.0 Å². The molecular formula is C18H19FN2O4S. The first-order valence-electron chi connectivity index (χ1n) is 7.90. The number of anilines is 1. The molecule has 0 radical (unpaired) electrons. The first-order chi connectivity index (χ1) is 12.3. The number of nitrogens with one attached hydrogen (secondary N) is 2. The summed E-state index contributed by atoms with van der Waals surface area (Å²) in [5.41, 5.74) is 1.06. The normalized spacial score (nSPS) is 10.3. The largest absolute Gasteiger partial charge is 0.462 e. The molecule has 2 aromatic rings. The monoisotopic (exact) mass is 378 g/mol. The van der Waals surface area contributed by atoms with E-state index in [4.69, 9.17) is 4.74 Å². The second kappa shape index (κ2) is 8.09. The van der Waals surface area contributed by atoms with Crippen molar-refractivity contribution in [2.75, 3.05) is 19.0 Å². The number of rotatable bonds is 5. The van der Waals surface area contributed by atoms with Crippen LogP contribution >= 0.6 is 11.3 Å². The first kappa shape index (κ1) is 19.6. The first-order valence-corrected chi connectivity index (χ1v) is 8.71. The van der Waals surface area contributed by atoms with Crippen LogP contribution < -0.4 is 10.6 Å². The average Bonchev–Trinajstić information content (AvgIpc) is 2.92. The van der Waals surface area contributed by atoms with Crippen LogP contribution in [0, 0.1) is 19.7 Å². The van der Waals surface area contributed by atoms with Gasteiger partial charge in [-0.3, -0.25) is 9.59 Å². The van der Waals surface area contributed by atoms with Gasteiger partial charge in [0, 0.05) is 12.6 Å². The third-order valence-corrected chi connectivity index (χ3v) is 4.93. The molecule has 1 aromatic heterocycles. The van der Waals surface area contributed by atoms with Crippen molar-refractivity contribution < 1.29 is 23.5 Å². The van der Waals surface area contributed by atoms with E-state index in [-0.39, 0.29) is 28.6 Å². The van der Waals surface area contributed by atoms with Crippen molar-refractivity contribution in [3.05, 3.63) is 51.1 Å². The minimum Gasteiger partial charge on any atom is -0.462 e. The molecular weight excluding hydrogens is 359 g/mol. The highest BCUT2D eigenvalue weighted by Crippen LogP contribution is 2.34. The SMILES string of the molecule is CCOC(=O)c1c(NC(=O)c2ccc(C)c(F)c2)sc(C(=O)NC)c1C. The summed E-state index contributed by atoms with van der Waals surface area (Å²) < 4.78 is 18.7. The number of ether oxygens (including phenoxy) is 1. The van der Waals surface area contributed by atoms with E-state index in [1.54, 1.807) is 20.8 Å². The highest BCUT2D eigenvalue weighted by Gasteiger charge is 2.26. The minimum absolute atomic E-state index is 0.107. The molecule has 0 fully saturated rings. The number of hydrogen-bond donors (Lipinski definition) is 2. The predicted molar refractivity (Wildman–Crippen MR) is 97.5 cm³/mol. The Kier molecular flexibility index (Phi) is 6.10. The molecule has 2 N–H and O–H groups in total. The Morgan fingerprint density at radius 2 is 1.88 bits per heavy atom. The summed E-state index contributed by atoms with van der Waals surface area (Å²) in [5, 5.41) is 5.26. The lowest BCUT2D eigenvalue weighted by molar-refractivity contribution is 0.0527. The lowest BCUT2D eigenvalue weighted by Crippen LogP contribution is -2.18. The van der Waals surface area contributed by atoms with Gasteiger partial charge >= 0.3 is 5.97 Å². The molecule has 1 aromatic carbocycles. The molecule has 1 heterocycles. The summed E-state index contributed by atoms with van der Waals surface area (Å²) in [7, 11) is 1.47. The van der Waals surface area contributed by atoms with Crippen LogP contribution in [0.2, 0.25) is 0 Å². The van der Waals surface area contributed by atoms with Crippen molar-refractivity contribution in [3.63, 3.8) is 0 Å². The van der Waals surface area contributed by atoms with E-state index in [1.807, 2.05) is 0 Å². The molecule has 0 bridgehead atoms. The van der Waals surface area contributed by atoms with E-state index < -0.39 is 17.7 Å². The number of amides is 2. The number of hydrogen-bond acceptors (Lipinski definition) is 5. The number of esters is 1. The van der Waals surface area contributed by atoms with Crippen molar-refractivity contribution in [3.8, 4) is 0 Å². The summed E-state index contributed by atoms with van der Waals surface area (Å²) in [4.78, 5) is 37.0. The van der Waals surface area contributed by atoms with E-state index in [1.165, 1.54) is 19.2 Å². The number of thiophene rings is 1. The van der Waals surface area contributed by atoms with Crippen molar-refractivity contribution in [2.45, 2.75) is 20.8 Å². The van der Waals surface area contributed by atoms with Gasteiger partial charge in [-0.2, -0.15) is 0 Å². The van der Waals surface area contributed by atoms with Gasteiger partial charge in [-0.1, -0.05) is 6.07 Å². The van der Waals surface area contributed by atoms with E-state index in [0.717, 1.165) is 17.4 Å². The molecule has 0 aliphatic carbocycles. The van der Waals surface area contributed by atoms with Crippen LogP contribution in [0.15, 0.2) is 18.2 Å². The molecule has 0 spiro atoms. The lowest BCUT2D eigenvalue weighted by Gasteiger charge is -2.07.